The molecule has 25 heavy (non-hydrogen) atoms. The van der Waals surface area contributed by atoms with Crippen LogP contribution in [0.1, 0.15) is 16.1 Å². The zero-order valence-electron chi connectivity index (χ0n) is 14.1. The van der Waals surface area contributed by atoms with E-state index < -0.39 is 0 Å². The molecule has 1 amide bonds. The Hall–Kier alpha value is -2.31. The minimum atomic E-state index is 0.0433. The fourth-order valence-electron chi connectivity index (χ4n) is 3.19. The lowest BCUT2D eigenvalue weighted by atomic mass is 10.1. The molecule has 0 aliphatic carbocycles. The Kier molecular flexibility index (Phi) is 4.72. The minimum absolute atomic E-state index is 0.0433. The molecule has 3 heterocycles. The molecule has 6 heteroatoms. The zero-order valence-corrected chi connectivity index (χ0v) is 14.1. The first-order valence-electron chi connectivity index (χ1n) is 8.66. The number of morpholine rings is 1. The van der Waals surface area contributed by atoms with Gasteiger partial charge in [0.05, 0.1) is 26.0 Å². The lowest BCUT2D eigenvalue weighted by Crippen LogP contribution is -2.53. The number of ether oxygens (including phenoxy) is 2. The highest BCUT2D eigenvalue weighted by Gasteiger charge is 2.29. The molecule has 0 radical (unpaired) electrons. The highest BCUT2D eigenvalue weighted by Crippen LogP contribution is 2.22. The number of amides is 1. The number of hydrogen-bond donors (Lipinski definition) is 0. The van der Waals surface area contributed by atoms with E-state index >= 15 is 0 Å². The number of rotatable bonds is 5. The number of hydrogen-bond acceptors (Lipinski definition) is 5. The van der Waals surface area contributed by atoms with Gasteiger partial charge in [-0.15, -0.1) is 0 Å². The first-order chi connectivity index (χ1) is 12.3. The molecular formula is C19H22N2O4. The van der Waals surface area contributed by atoms with Gasteiger partial charge in [0, 0.05) is 31.7 Å². The number of benzene rings is 1. The van der Waals surface area contributed by atoms with E-state index in [0.29, 0.717) is 31.9 Å². The number of carbonyl (C=O) groups is 1. The largest absolute Gasteiger partial charge is 0.488 e. The SMILES string of the molecule is O=C(c1cccc(OC2CN(Cc3ccco3)C2)c1)N1CCOCC1. The molecule has 2 aliphatic heterocycles. The predicted octanol–water partition coefficient (Wildman–Crippen LogP) is 2.02. The van der Waals surface area contributed by atoms with Crippen molar-refractivity contribution >= 4 is 5.91 Å². The van der Waals surface area contributed by atoms with E-state index in [2.05, 4.69) is 4.90 Å². The molecule has 2 fully saturated rings. The van der Waals surface area contributed by atoms with Crippen LogP contribution in [-0.4, -0.2) is 61.2 Å². The molecule has 0 unspecified atom stereocenters. The summed E-state index contributed by atoms with van der Waals surface area (Å²) in [6, 6.07) is 11.4. The van der Waals surface area contributed by atoms with Crippen molar-refractivity contribution in [2.75, 3.05) is 39.4 Å². The molecule has 0 bridgehead atoms. The molecule has 2 aliphatic rings. The first-order valence-corrected chi connectivity index (χ1v) is 8.66. The summed E-state index contributed by atoms with van der Waals surface area (Å²) in [4.78, 5) is 16.6. The maximum absolute atomic E-state index is 12.5. The summed E-state index contributed by atoms with van der Waals surface area (Å²) in [5.74, 6) is 1.76. The second-order valence-electron chi connectivity index (χ2n) is 6.45. The number of likely N-dealkylation sites (tertiary alicyclic amines) is 1. The average molecular weight is 342 g/mol. The summed E-state index contributed by atoms with van der Waals surface area (Å²) in [5, 5.41) is 0. The molecule has 0 N–H and O–H groups in total. The van der Waals surface area contributed by atoms with Crippen LogP contribution in [0.25, 0.3) is 0 Å². The third kappa shape index (κ3) is 3.86. The van der Waals surface area contributed by atoms with Crippen LogP contribution in [-0.2, 0) is 11.3 Å². The highest BCUT2D eigenvalue weighted by molar-refractivity contribution is 5.94. The fourth-order valence-corrected chi connectivity index (χ4v) is 3.19. The van der Waals surface area contributed by atoms with E-state index in [9.17, 15) is 4.79 Å². The van der Waals surface area contributed by atoms with Crippen LogP contribution in [0.2, 0.25) is 0 Å². The van der Waals surface area contributed by atoms with Crippen LogP contribution in [0.3, 0.4) is 0 Å². The van der Waals surface area contributed by atoms with Crippen LogP contribution in [0, 0.1) is 0 Å². The van der Waals surface area contributed by atoms with Crippen molar-refractivity contribution in [2.24, 2.45) is 0 Å². The van der Waals surface area contributed by atoms with Crippen LogP contribution >= 0.6 is 0 Å². The van der Waals surface area contributed by atoms with Crippen molar-refractivity contribution in [1.82, 2.24) is 9.80 Å². The molecule has 0 saturated carbocycles. The Morgan fingerprint density at radius 2 is 2.00 bits per heavy atom. The van der Waals surface area contributed by atoms with Crippen molar-refractivity contribution in [3.05, 3.63) is 54.0 Å². The van der Waals surface area contributed by atoms with Crippen molar-refractivity contribution < 1.29 is 18.7 Å². The van der Waals surface area contributed by atoms with E-state index in [-0.39, 0.29) is 12.0 Å². The van der Waals surface area contributed by atoms with Gasteiger partial charge in [0.2, 0.25) is 0 Å². The third-order valence-corrected chi connectivity index (χ3v) is 4.57. The first kappa shape index (κ1) is 16.2. The Morgan fingerprint density at radius 3 is 2.76 bits per heavy atom. The lowest BCUT2D eigenvalue weighted by Gasteiger charge is -2.38. The number of carbonyl (C=O) groups excluding carboxylic acids is 1. The summed E-state index contributed by atoms with van der Waals surface area (Å²) in [7, 11) is 0. The average Bonchev–Trinajstić information content (AvgIpc) is 3.13. The van der Waals surface area contributed by atoms with E-state index in [1.165, 1.54) is 0 Å². The Bertz CT molecular complexity index is 704. The van der Waals surface area contributed by atoms with Gasteiger partial charge in [0.25, 0.3) is 5.91 Å². The smallest absolute Gasteiger partial charge is 0.254 e. The summed E-state index contributed by atoms with van der Waals surface area (Å²) >= 11 is 0. The van der Waals surface area contributed by atoms with Gasteiger partial charge in [-0.3, -0.25) is 9.69 Å². The van der Waals surface area contributed by atoms with E-state index in [4.69, 9.17) is 13.9 Å². The molecule has 132 valence electrons. The summed E-state index contributed by atoms with van der Waals surface area (Å²) in [5.41, 5.74) is 0.672. The maximum atomic E-state index is 12.5. The van der Waals surface area contributed by atoms with Gasteiger partial charge in [0.15, 0.2) is 0 Å². The molecule has 2 aromatic rings. The van der Waals surface area contributed by atoms with Gasteiger partial charge in [0.1, 0.15) is 17.6 Å². The normalized spacial score (nSPS) is 18.8. The zero-order chi connectivity index (χ0) is 17.1. The maximum Gasteiger partial charge on any atom is 0.254 e. The van der Waals surface area contributed by atoms with Crippen LogP contribution in [0.15, 0.2) is 47.1 Å². The van der Waals surface area contributed by atoms with Gasteiger partial charge >= 0.3 is 0 Å². The molecule has 2 saturated heterocycles. The topological polar surface area (TPSA) is 55.2 Å². The molecule has 1 aromatic carbocycles. The lowest BCUT2D eigenvalue weighted by molar-refractivity contribution is 0.0105. The Labute approximate surface area is 146 Å². The minimum Gasteiger partial charge on any atom is -0.488 e. The molecule has 4 rings (SSSR count). The number of nitrogens with zero attached hydrogens (tertiary/aromatic N) is 2. The van der Waals surface area contributed by atoms with Crippen LogP contribution < -0.4 is 4.74 Å². The van der Waals surface area contributed by atoms with Crippen molar-refractivity contribution in [3.63, 3.8) is 0 Å². The third-order valence-electron chi connectivity index (χ3n) is 4.57. The monoisotopic (exact) mass is 342 g/mol. The van der Waals surface area contributed by atoms with Crippen molar-refractivity contribution in [3.8, 4) is 5.75 Å². The Morgan fingerprint density at radius 1 is 1.16 bits per heavy atom. The van der Waals surface area contributed by atoms with Gasteiger partial charge in [-0.25, -0.2) is 0 Å². The predicted molar refractivity (Wildman–Crippen MR) is 91.6 cm³/mol. The highest BCUT2D eigenvalue weighted by atomic mass is 16.5. The summed E-state index contributed by atoms with van der Waals surface area (Å²) < 4.78 is 16.7. The Balaban J connectivity index is 1.31. The second kappa shape index (κ2) is 7.29. The van der Waals surface area contributed by atoms with E-state index in [0.717, 1.165) is 31.1 Å². The van der Waals surface area contributed by atoms with Gasteiger partial charge in [-0.2, -0.15) is 0 Å². The van der Waals surface area contributed by atoms with Gasteiger partial charge in [-0.05, 0) is 30.3 Å². The van der Waals surface area contributed by atoms with Crippen LogP contribution in [0.4, 0.5) is 0 Å². The molecule has 6 nitrogen and oxygen atoms in total. The van der Waals surface area contributed by atoms with E-state index in [1.54, 1.807) is 6.26 Å². The van der Waals surface area contributed by atoms with Crippen molar-refractivity contribution in [1.29, 1.82) is 0 Å². The second-order valence-corrected chi connectivity index (χ2v) is 6.45. The molecule has 0 atom stereocenters. The number of furan rings is 1. The summed E-state index contributed by atoms with van der Waals surface area (Å²) in [6.45, 7) is 5.04. The van der Waals surface area contributed by atoms with Crippen molar-refractivity contribution in [2.45, 2.75) is 12.6 Å². The van der Waals surface area contributed by atoms with E-state index in [1.807, 2.05) is 41.3 Å². The molecule has 1 aromatic heterocycles. The van der Waals surface area contributed by atoms with Gasteiger partial charge < -0.3 is 18.8 Å². The summed E-state index contributed by atoms with van der Waals surface area (Å²) in [6.07, 6.45) is 1.85. The standard InChI is InChI=1S/C19H22N2O4/c22-19(21-6-9-23-10-7-21)15-3-1-4-16(11-15)25-18-13-20(14-18)12-17-5-2-8-24-17/h1-5,8,11,18H,6-7,9-10,12-14H2. The quantitative estimate of drug-likeness (QED) is 0.832. The molecule has 0 spiro atoms. The fraction of sp³-hybridized carbons (Fsp3) is 0.421. The van der Waals surface area contributed by atoms with Crippen LogP contribution in [0.5, 0.6) is 5.75 Å². The van der Waals surface area contributed by atoms with Gasteiger partial charge in [-0.1, -0.05) is 6.07 Å². The molecular weight excluding hydrogens is 320 g/mol.